The summed E-state index contributed by atoms with van der Waals surface area (Å²) < 4.78 is 19.7. The lowest BCUT2D eigenvalue weighted by Gasteiger charge is -2.27. The van der Waals surface area contributed by atoms with Crippen molar-refractivity contribution in [2.45, 2.75) is 20.3 Å². The molecule has 3 heterocycles. The van der Waals surface area contributed by atoms with Crippen LogP contribution in [0, 0.1) is 5.82 Å². The molecule has 0 spiro atoms. The number of anilines is 1. The monoisotopic (exact) mass is 480 g/mol. The highest BCUT2D eigenvalue weighted by atomic mass is 35.5. The number of ether oxygens (including phenoxy) is 1. The number of nitrogens with zero attached hydrogens (tertiary/aromatic N) is 3. The molecule has 0 aliphatic carbocycles. The van der Waals surface area contributed by atoms with E-state index in [2.05, 4.69) is 15.5 Å². The van der Waals surface area contributed by atoms with E-state index in [0.29, 0.717) is 60.4 Å². The van der Waals surface area contributed by atoms with Gasteiger partial charge in [-0.05, 0) is 42.0 Å². The Labute approximate surface area is 203 Å². The number of carbonyl (C=O) groups excluding carboxylic acids is 1. The molecule has 2 aliphatic heterocycles. The second kappa shape index (κ2) is 10.8. The maximum Gasteiger partial charge on any atom is 0.254 e. The summed E-state index contributed by atoms with van der Waals surface area (Å²) in [7, 11) is 0. The molecular weight excluding hydrogens is 455 g/mol. The molecule has 2 aromatic carbocycles. The van der Waals surface area contributed by atoms with Crippen molar-refractivity contribution < 1.29 is 13.9 Å². The average Bonchev–Trinajstić information content (AvgIpc) is 2.90. The molecular formula is C26H26ClFN4O2. The van der Waals surface area contributed by atoms with Crippen LogP contribution in [0.15, 0.2) is 59.8 Å². The first-order chi connectivity index (χ1) is 16.6. The standard InChI is InChI=1S/C24H20ClFN4O2.C2H6/c25-19-4-5-21(26)20(13-19)22-12-17-11-18(14-27-23(17)29-28-22)15-2-1-3-16(10-15)24(31)30-6-8-32-9-7-30;1-2/h1-5,10-11,13-14H,6-9,12H2,(H,27,29);1-2H3. The molecule has 3 aromatic rings. The Hall–Kier alpha value is -3.29. The van der Waals surface area contributed by atoms with Gasteiger partial charge in [-0.2, -0.15) is 5.10 Å². The molecule has 1 aromatic heterocycles. The van der Waals surface area contributed by atoms with E-state index in [1.54, 1.807) is 17.2 Å². The van der Waals surface area contributed by atoms with E-state index in [1.165, 1.54) is 12.1 Å². The van der Waals surface area contributed by atoms with Gasteiger partial charge in [0.15, 0.2) is 0 Å². The summed E-state index contributed by atoms with van der Waals surface area (Å²) in [5.74, 6) is 0.242. The molecule has 1 N–H and O–H groups in total. The normalized spacial score (nSPS) is 14.8. The number of rotatable bonds is 3. The molecule has 0 unspecified atom stereocenters. The number of hydrogen-bond acceptors (Lipinski definition) is 5. The minimum Gasteiger partial charge on any atom is -0.378 e. The number of fused-ring (bicyclic) bond motifs is 1. The smallest absolute Gasteiger partial charge is 0.254 e. The Morgan fingerprint density at radius 3 is 2.68 bits per heavy atom. The molecule has 6 nitrogen and oxygen atoms in total. The third-order valence-corrected chi connectivity index (χ3v) is 5.84. The largest absolute Gasteiger partial charge is 0.378 e. The van der Waals surface area contributed by atoms with Gasteiger partial charge in [-0.3, -0.25) is 10.2 Å². The number of hydrogen-bond donors (Lipinski definition) is 1. The third-order valence-electron chi connectivity index (χ3n) is 5.60. The number of amides is 1. The maximum absolute atomic E-state index is 14.3. The van der Waals surface area contributed by atoms with Gasteiger partial charge >= 0.3 is 0 Å². The molecule has 1 amide bonds. The number of benzene rings is 2. The SMILES string of the molecule is CC.O=C(c1cccc(-c2cnc3c(c2)CC(c2cc(Cl)ccc2F)=NN3)c1)N1CCOCC1. The van der Waals surface area contributed by atoms with Crippen LogP contribution in [-0.4, -0.2) is 47.8 Å². The van der Waals surface area contributed by atoms with Gasteiger partial charge in [-0.15, -0.1) is 0 Å². The minimum absolute atomic E-state index is 0.00594. The highest BCUT2D eigenvalue weighted by Gasteiger charge is 2.21. The van der Waals surface area contributed by atoms with Crippen LogP contribution < -0.4 is 5.43 Å². The molecule has 8 heteroatoms. The van der Waals surface area contributed by atoms with Crippen molar-refractivity contribution in [3.63, 3.8) is 0 Å². The Bertz CT molecular complexity index is 1230. The third kappa shape index (κ3) is 5.11. The zero-order chi connectivity index (χ0) is 24.1. The van der Waals surface area contributed by atoms with Crippen LogP contribution in [0.25, 0.3) is 11.1 Å². The van der Waals surface area contributed by atoms with E-state index < -0.39 is 0 Å². The summed E-state index contributed by atoms with van der Waals surface area (Å²) in [4.78, 5) is 19.1. The van der Waals surface area contributed by atoms with E-state index in [-0.39, 0.29) is 11.7 Å². The van der Waals surface area contributed by atoms with Crippen LogP contribution in [0.1, 0.15) is 35.3 Å². The quantitative estimate of drug-likeness (QED) is 0.544. The van der Waals surface area contributed by atoms with E-state index in [9.17, 15) is 9.18 Å². The molecule has 0 saturated carbocycles. The van der Waals surface area contributed by atoms with Crippen molar-refractivity contribution in [1.29, 1.82) is 0 Å². The Morgan fingerprint density at radius 2 is 1.88 bits per heavy atom. The van der Waals surface area contributed by atoms with Crippen molar-refractivity contribution >= 4 is 29.0 Å². The van der Waals surface area contributed by atoms with Crippen molar-refractivity contribution in [1.82, 2.24) is 9.88 Å². The number of nitrogens with one attached hydrogen (secondary N) is 1. The first-order valence-corrected chi connectivity index (χ1v) is 11.7. The molecule has 5 rings (SSSR count). The first kappa shape index (κ1) is 23.9. The van der Waals surface area contributed by atoms with Crippen molar-refractivity contribution in [3.8, 4) is 11.1 Å². The minimum atomic E-state index is -0.378. The highest BCUT2D eigenvalue weighted by Crippen LogP contribution is 2.28. The predicted molar refractivity (Wildman–Crippen MR) is 133 cm³/mol. The van der Waals surface area contributed by atoms with Gasteiger partial charge < -0.3 is 9.64 Å². The van der Waals surface area contributed by atoms with Gasteiger partial charge in [-0.25, -0.2) is 9.37 Å². The zero-order valence-electron chi connectivity index (χ0n) is 19.1. The van der Waals surface area contributed by atoms with Gasteiger partial charge in [0.05, 0.1) is 18.9 Å². The Balaban J connectivity index is 0.00000133. The first-order valence-electron chi connectivity index (χ1n) is 11.3. The van der Waals surface area contributed by atoms with E-state index in [1.807, 2.05) is 44.2 Å². The van der Waals surface area contributed by atoms with Crippen LogP contribution in [0.5, 0.6) is 0 Å². The van der Waals surface area contributed by atoms with Gasteiger partial charge in [0.1, 0.15) is 11.6 Å². The average molecular weight is 481 g/mol. The van der Waals surface area contributed by atoms with Gasteiger partial charge in [0.2, 0.25) is 0 Å². The molecule has 0 bridgehead atoms. The molecule has 0 atom stereocenters. The van der Waals surface area contributed by atoms with E-state index in [4.69, 9.17) is 16.3 Å². The number of aromatic nitrogens is 1. The Morgan fingerprint density at radius 1 is 1.09 bits per heavy atom. The van der Waals surface area contributed by atoms with Crippen LogP contribution in [0.4, 0.5) is 10.2 Å². The van der Waals surface area contributed by atoms with Crippen molar-refractivity contribution in [2.75, 3.05) is 31.7 Å². The number of morpholine rings is 1. The van der Waals surface area contributed by atoms with E-state index in [0.717, 1.165) is 16.7 Å². The molecule has 0 radical (unpaired) electrons. The molecule has 1 saturated heterocycles. The highest BCUT2D eigenvalue weighted by molar-refractivity contribution is 6.31. The maximum atomic E-state index is 14.3. The van der Waals surface area contributed by atoms with Gasteiger partial charge in [-0.1, -0.05) is 37.6 Å². The fourth-order valence-electron chi connectivity index (χ4n) is 3.90. The van der Waals surface area contributed by atoms with E-state index >= 15 is 0 Å². The summed E-state index contributed by atoms with van der Waals surface area (Å²) in [6.07, 6.45) is 2.15. The summed E-state index contributed by atoms with van der Waals surface area (Å²) in [6.45, 7) is 6.31. The fraction of sp³-hybridized carbons (Fsp3) is 0.269. The molecule has 176 valence electrons. The lowest BCUT2D eigenvalue weighted by atomic mass is 9.97. The van der Waals surface area contributed by atoms with Crippen LogP contribution in [0.2, 0.25) is 5.02 Å². The fourth-order valence-corrected chi connectivity index (χ4v) is 4.07. The zero-order valence-corrected chi connectivity index (χ0v) is 19.9. The summed E-state index contributed by atoms with van der Waals surface area (Å²) in [5.41, 5.74) is 7.08. The summed E-state index contributed by atoms with van der Waals surface area (Å²) in [6, 6.07) is 13.9. The molecule has 34 heavy (non-hydrogen) atoms. The molecule has 2 aliphatic rings. The summed E-state index contributed by atoms with van der Waals surface area (Å²) in [5, 5.41) is 4.73. The number of carbonyl (C=O) groups is 1. The lowest BCUT2D eigenvalue weighted by molar-refractivity contribution is 0.0303. The number of pyridine rings is 1. The number of halogens is 2. The lowest BCUT2D eigenvalue weighted by Crippen LogP contribution is -2.40. The second-order valence-corrected chi connectivity index (χ2v) is 8.12. The Kier molecular flexibility index (Phi) is 7.55. The molecule has 1 fully saturated rings. The van der Waals surface area contributed by atoms with Gasteiger partial charge in [0.25, 0.3) is 5.91 Å². The topological polar surface area (TPSA) is 66.8 Å². The van der Waals surface area contributed by atoms with Crippen LogP contribution in [0.3, 0.4) is 0 Å². The number of hydrazone groups is 1. The van der Waals surface area contributed by atoms with Crippen LogP contribution >= 0.6 is 11.6 Å². The second-order valence-electron chi connectivity index (χ2n) is 7.69. The van der Waals surface area contributed by atoms with Gasteiger partial charge in [0, 0.05) is 53.0 Å². The van der Waals surface area contributed by atoms with Crippen molar-refractivity contribution in [2.24, 2.45) is 5.10 Å². The predicted octanol–water partition coefficient (Wildman–Crippen LogP) is 5.41. The van der Waals surface area contributed by atoms with Crippen LogP contribution in [-0.2, 0) is 11.2 Å². The summed E-state index contributed by atoms with van der Waals surface area (Å²) >= 11 is 6.05. The van der Waals surface area contributed by atoms with Crippen molar-refractivity contribution in [3.05, 3.63) is 82.3 Å².